The van der Waals surface area contributed by atoms with Crippen LogP contribution in [0.5, 0.6) is 11.5 Å². The van der Waals surface area contributed by atoms with Crippen molar-refractivity contribution in [3.8, 4) is 11.5 Å². The van der Waals surface area contributed by atoms with E-state index in [-0.39, 0.29) is 33.4 Å². The van der Waals surface area contributed by atoms with Crippen LogP contribution in [0.4, 0.5) is 5.13 Å². The number of carbonyl (C=O) groups is 2. The predicted molar refractivity (Wildman–Crippen MR) is 147 cm³/mol. The smallest absolute Gasteiger partial charge is 0.350 e. The molecule has 0 radical (unpaired) electrons. The third-order valence-electron chi connectivity index (χ3n) is 6.27. The molecule has 2 aromatic carbocycles. The summed E-state index contributed by atoms with van der Waals surface area (Å²) < 4.78 is 22.9. The summed E-state index contributed by atoms with van der Waals surface area (Å²) >= 11 is 1.04. The molecule has 3 heterocycles. The zero-order valence-electron chi connectivity index (χ0n) is 22.1. The second-order valence-electron chi connectivity index (χ2n) is 8.87. The van der Waals surface area contributed by atoms with Crippen LogP contribution in [0.15, 0.2) is 51.7 Å². The van der Waals surface area contributed by atoms with E-state index in [1.165, 1.54) is 4.90 Å². The Morgan fingerprint density at radius 2 is 1.85 bits per heavy atom. The highest BCUT2D eigenvalue weighted by atomic mass is 32.1. The van der Waals surface area contributed by atoms with Crippen LogP contribution in [-0.2, 0) is 4.74 Å². The standard InChI is InChI=1S/C29H28N2O7S/c1-5-14-37-20-13-12-17(15-21(20)35-6-2)23-22-24(32)18-10-8-9-11-19(18)38-25(22)27(33)31(23)29-30-16(4)26(39-29)28(34)36-7-3/h8-13,15,23H,5-7,14H2,1-4H3/t23-/m1/s1. The number of carbonyl (C=O) groups excluding carboxylic acids is 2. The van der Waals surface area contributed by atoms with E-state index in [1.807, 2.05) is 13.8 Å². The van der Waals surface area contributed by atoms with Gasteiger partial charge in [-0.05, 0) is 57.0 Å². The van der Waals surface area contributed by atoms with E-state index in [0.717, 1.165) is 17.8 Å². The van der Waals surface area contributed by atoms with E-state index in [0.29, 0.717) is 46.9 Å². The fourth-order valence-electron chi connectivity index (χ4n) is 4.60. The Balaban J connectivity index is 1.72. The minimum Gasteiger partial charge on any atom is -0.490 e. The van der Waals surface area contributed by atoms with Crippen LogP contribution < -0.4 is 19.8 Å². The summed E-state index contributed by atoms with van der Waals surface area (Å²) in [6.45, 7) is 8.40. The van der Waals surface area contributed by atoms with E-state index < -0.39 is 17.9 Å². The van der Waals surface area contributed by atoms with Gasteiger partial charge >= 0.3 is 5.97 Å². The van der Waals surface area contributed by atoms with Crippen LogP contribution >= 0.6 is 11.3 Å². The van der Waals surface area contributed by atoms with Gasteiger partial charge in [-0.25, -0.2) is 9.78 Å². The summed E-state index contributed by atoms with van der Waals surface area (Å²) in [5, 5.41) is 0.621. The summed E-state index contributed by atoms with van der Waals surface area (Å²) in [4.78, 5) is 46.5. The highest BCUT2D eigenvalue weighted by Gasteiger charge is 2.45. The summed E-state index contributed by atoms with van der Waals surface area (Å²) in [7, 11) is 0. The lowest BCUT2D eigenvalue weighted by molar-refractivity contribution is 0.0531. The third kappa shape index (κ3) is 4.65. The van der Waals surface area contributed by atoms with Gasteiger partial charge in [0.1, 0.15) is 10.5 Å². The number of hydrogen-bond acceptors (Lipinski definition) is 9. The fraction of sp³-hybridized carbons (Fsp3) is 0.310. The first kappa shape index (κ1) is 26.4. The van der Waals surface area contributed by atoms with Crippen molar-refractivity contribution in [3.63, 3.8) is 0 Å². The quantitative estimate of drug-likeness (QED) is 0.246. The maximum atomic E-state index is 13.9. The number of amides is 1. The number of hydrogen-bond donors (Lipinski definition) is 0. The number of anilines is 1. The lowest BCUT2D eigenvalue weighted by atomic mass is 9.98. The van der Waals surface area contributed by atoms with E-state index >= 15 is 0 Å². The van der Waals surface area contributed by atoms with Gasteiger partial charge in [0.15, 0.2) is 22.1 Å². The molecule has 0 bridgehead atoms. The maximum Gasteiger partial charge on any atom is 0.350 e. The molecule has 0 spiro atoms. The van der Waals surface area contributed by atoms with E-state index in [2.05, 4.69) is 4.98 Å². The van der Waals surface area contributed by atoms with Crippen molar-refractivity contribution in [3.05, 3.63) is 80.1 Å². The number of rotatable bonds is 9. The van der Waals surface area contributed by atoms with Crippen molar-refractivity contribution in [2.75, 3.05) is 24.7 Å². The molecule has 1 amide bonds. The number of ether oxygens (including phenoxy) is 3. The third-order valence-corrected chi connectivity index (χ3v) is 7.41. The minimum absolute atomic E-state index is 0.0569. The molecule has 0 fully saturated rings. The number of thiazole rings is 1. The number of nitrogens with zero attached hydrogens (tertiary/aromatic N) is 2. The van der Waals surface area contributed by atoms with Crippen LogP contribution in [0.2, 0.25) is 0 Å². The van der Waals surface area contributed by atoms with Gasteiger partial charge in [0.05, 0.1) is 42.5 Å². The zero-order chi connectivity index (χ0) is 27.7. The first-order valence-electron chi connectivity index (χ1n) is 12.8. The van der Waals surface area contributed by atoms with Crippen molar-refractivity contribution in [2.24, 2.45) is 0 Å². The van der Waals surface area contributed by atoms with E-state index in [9.17, 15) is 14.4 Å². The summed E-state index contributed by atoms with van der Waals surface area (Å²) in [5.41, 5.74) is 1.25. The Morgan fingerprint density at radius 3 is 2.59 bits per heavy atom. The van der Waals surface area contributed by atoms with Crippen LogP contribution in [0.3, 0.4) is 0 Å². The van der Waals surface area contributed by atoms with Gasteiger partial charge in [0, 0.05) is 0 Å². The Kier molecular flexibility index (Phi) is 7.38. The molecular weight excluding hydrogens is 520 g/mol. The number of esters is 1. The highest BCUT2D eigenvalue weighted by Crippen LogP contribution is 2.45. The average Bonchev–Trinajstić information content (AvgIpc) is 3.45. The number of benzene rings is 2. The molecule has 0 unspecified atom stereocenters. The molecule has 2 aromatic heterocycles. The molecule has 0 N–H and O–H groups in total. The molecule has 202 valence electrons. The average molecular weight is 549 g/mol. The Hall–Kier alpha value is -4.18. The van der Waals surface area contributed by atoms with Gasteiger partial charge in [-0.15, -0.1) is 0 Å². The molecule has 10 heteroatoms. The van der Waals surface area contributed by atoms with Crippen molar-refractivity contribution in [2.45, 2.75) is 40.2 Å². The summed E-state index contributed by atoms with van der Waals surface area (Å²) in [6, 6.07) is 11.3. The molecule has 4 aromatic rings. The minimum atomic E-state index is -0.867. The molecule has 0 saturated heterocycles. The molecule has 9 nitrogen and oxygen atoms in total. The lowest BCUT2D eigenvalue weighted by Gasteiger charge is -2.23. The monoisotopic (exact) mass is 548 g/mol. The molecule has 1 atom stereocenters. The predicted octanol–water partition coefficient (Wildman–Crippen LogP) is 5.67. The summed E-state index contributed by atoms with van der Waals surface area (Å²) in [5.74, 6) is -0.0314. The molecule has 0 saturated carbocycles. The number of aromatic nitrogens is 1. The zero-order valence-corrected chi connectivity index (χ0v) is 22.9. The van der Waals surface area contributed by atoms with Gasteiger partial charge in [0.2, 0.25) is 5.76 Å². The molecule has 0 aliphatic carbocycles. The Labute approximate surface area is 228 Å². The Bertz CT molecular complexity index is 1620. The van der Waals surface area contributed by atoms with Gasteiger partial charge in [0.25, 0.3) is 5.91 Å². The van der Waals surface area contributed by atoms with Gasteiger partial charge in [-0.1, -0.05) is 36.5 Å². The first-order chi connectivity index (χ1) is 18.9. The number of fused-ring (bicyclic) bond motifs is 2. The normalized spacial score (nSPS) is 14.5. The molecule has 5 rings (SSSR count). The van der Waals surface area contributed by atoms with E-state index in [4.69, 9.17) is 18.6 Å². The van der Waals surface area contributed by atoms with Crippen molar-refractivity contribution >= 4 is 39.3 Å². The lowest BCUT2D eigenvalue weighted by Crippen LogP contribution is -2.29. The molecule has 39 heavy (non-hydrogen) atoms. The van der Waals surface area contributed by atoms with Gasteiger partial charge in [-0.2, -0.15) is 0 Å². The topological polar surface area (TPSA) is 108 Å². The van der Waals surface area contributed by atoms with Crippen LogP contribution in [-0.4, -0.2) is 36.7 Å². The van der Waals surface area contributed by atoms with Crippen LogP contribution in [0.1, 0.15) is 70.3 Å². The molecule has 1 aliphatic heterocycles. The largest absolute Gasteiger partial charge is 0.490 e. The number of para-hydroxylation sites is 1. The maximum absolute atomic E-state index is 13.9. The Morgan fingerprint density at radius 1 is 1.05 bits per heavy atom. The second-order valence-corrected chi connectivity index (χ2v) is 9.84. The van der Waals surface area contributed by atoms with Crippen molar-refractivity contribution in [1.82, 2.24) is 4.98 Å². The fourth-order valence-corrected chi connectivity index (χ4v) is 5.59. The van der Waals surface area contributed by atoms with Crippen LogP contribution in [0, 0.1) is 6.92 Å². The van der Waals surface area contributed by atoms with E-state index in [1.54, 1.807) is 56.3 Å². The van der Waals surface area contributed by atoms with Crippen molar-refractivity contribution < 1.29 is 28.2 Å². The molecular formula is C29H28N2O7S. The van der Waals surface area contributed by atoms with Gasteiger partial charge < -0.3 is 18.6 Å². The SMILES string of the molecule is CCCOc1ccc([C@@H]2c3c(oc4ccccc4c3=O)C(=O)N2c2nc(C)c(C(=O)OCC)s2)cc1OCC. The molecule has 1 aliphatic rings. The van der Waals surface area contributed by atoms with Crippen LogP contribution in [0.25, 0.3) is 11.0 Å². The summed E-state index contributed by atoms with van der Waals surface area (Å²) in [6.07, 6.45) is 0.825. The van der Waals surface area contributed by atoms with Crippen molar-refractivity contribution in [1.29, 1.82) is 0 Å². The highest BCUT2D eigenvalue weighted by molar-refractivity contribution is 7.17. The van der Waals surface area contributed by atoms with Gasteiger partial charge in [-0.3, -0.25) is 14.5 Å². The number of aryl methyl sites for hydroxylation is 1. The first-order valence-corrected chi connectivity index (χ1v) is 13.6. The second kappa shape index (κ2) is 10.9.